The number of nitrogen functional groups attached to an aromatic ring is 1. The molecule has 1 aliphatic heterocycles. The number of rotatable bonds is 2. The van der Waals surface area contributed by atoms with Crippen molar-refractivity contribution in [3.05, 3.63) is 48.2 Å². The van der Waals surface area contributed by atoms with Gasteiger partial charge in [0.25, 0.3) is 0 Å². The highest BCUT2D eigenvalue weighted by Gasteiger charge is 2.17. The maximum atomic E-state index is 5.33. The first kappa shape index (κ1) is 11.0. The van der Waals surface area contributed by atoms with Gasteiger partial charge in [0.05, 0.1) is 11.9 Å². The monoisotopic (exact) mass is 240 g/mol. The summed E-state index contributed by atoms with van der Waals surface area (Å²) in [6.07, 6.45) is 4.19. The van der Waals surface area contributed by atoms with Gasteiger partial charge in [-0.3, -0.25) is 0 Å². The zero-order chi connectivity index (χ0) is 12.4. The van der Waals surface area contributed by atoms with Crippen LogP contribution in [0, 0.1) is 0 Å². The van der Waals surface area contributed by atoms with Crippen LogP contribution in [-0.2, 0) is 6.42 Å². The quantitative estimate of drug-likeness (QED) is 0.625. The number of hydrogen-bond acceptors (Lipinski definition) is 4. The number of hydrogen-bond donors (Lipinski definition) is 2. The van der Waals surface area contributed by atoms with Crippen molar-refractivity contribution in [3.63, 3.8) is 0 Å². The minimum atomic E-state index is 0.684. The number of para-hydroxylation sites is 1. The summed E-state index contributed by atoms with van der Waals surface area (Å²) in [4.78, 5) is 6.58. The minimum Gasteiger partial charge on any atom is -0.340 e. The van der Waals surface area contributed by atoms with E-state index in [1.165, 1.54) is 17.7 Å². The van der Waals surface area contributed by atoms with Crippen LogP contribution >= 0.6 is 0 Å². The molecule has 4 heteroatoms. The van der Waals surface area contributed by atoms with Crippen molar-refractivity contribution in [1.82, 2.24) is 4.98 Å². The zero-order valence-corrected chi connectivity index (χ0v) is 10.1. The molecular formula is C14H16N4. The highest BCUT2D eigenvalue weighted by Crippen LogP contribution is 2.32. The zero-order valence-electron chi connectivity index (χ0n) is 10.1. The Kier molecular flexibility index (Phi) is 2.86. The van der Waals surface area contributed by atoms with E-state index in [9.17, 15) is 0 Å². The van der Waals surface area contributed by atoms with E-state index in [2.05, 4.69) is 39.6 Å². The summed E-state index contributed by atoms with van der Waals surface area (Å²) in [6, 6.07) is 12.5. The van der Waals surface area contributed by atoms with Crippen molar-refractivity contribution < 1.29 is 0 Å². The molecule has 0 amide bonds. The molecule has 92 valence electrons. The normalized spacial score (nSPS) is 14.2. The van der Waals surface area contributed by atoms with Gasteiger partial charge in [0.1, 0.15) is 5.82 Å². The van der Waals surface area contributed by atoms with E-state index >= 15 is 0 Å². The van der Waals surface area contributed by atoms with Crippen LogP contribution in [0.5, 0.6) is 0 Å². The molecule has 0 fully saturated rings. The molecule has 1 aromatic carbocycles. The first-order chi connectivity index (χ1) is 8.88. The number of anilines is 3. The molecule has 0 saturated carbocycles. The van der Waals surface area contributed by atoms with Gasteiger partial charge in [-0.25, -0.2) is 10.8 Å². The molecule has 0 spiro atoms. The second kappa shape index (κ2) is 4.66. The molecule has 3 rings (SSSR count). The van der Waals surface area contributed by atoms with Crippen LogP contribution in [0.3, 0.4) is 0 Å². The Balaban J connectivity index is 1.97. The van der Waals surface area contributed by atoms with E-state index in [1.54, 1.807) is 0 Å². The van der Waals surface area contributed by atoms with Crippen LogP contribution in [-0.4, -0.2) is 11.5 Å². The third-order valence-corrected chi connectivity index (χ3v) is 3.32. The summed E-state index contributed by atoms with van der Waals surface area (Å²) < 4.78 is 0. The lowest BCUT2D eigenvalue weighted by molar-refractivity contribution is 0.766. The van der Waals surface area contributed by atoms with E-state index in [-0.39, 0.29) is 0 Å². The van der Waals surface area contributed by atoms with Gasteiger partial charge in [-0.1, -0.05) is 18.2 Å². The molecule has 2 heterocycles. The molecule has 0 bridgehead atoms. The highest BCUT2D eigenvalue weighted by molar-refractivity contribution is 5.67. The van der Waals surface area contributed by atoms with Crippen molar-refractivity contribution in [3.8, 4) is 0 Å². The number of fused-ring (bicyclic) bond motifs is 1. The number of nitrogens with zero attached hydrogens (tertiary/aromatic N) is 2. The molecule has 0 unspecified atom stereocenters. The van der Waals surface area contributed by atoms with Crippen LogP contribution in [0.2, 0.25) is 0 Å². The predicted octanol–water partition coefficient (Wildman–Crippen LogP) is 2.45. The Morgan fingerprint density at radius 1 is 1.17 bits per heavy atom. The Labute approximate surface area is 106 Å². The van der Waals surface area contributed by atoms with Gasteiger partial charge in [0, 0.05) is 12.2 Å². The number of nitrogens with one attached hydrogen (secondary N) is 1. The Morgan fingerprint density at radius 3 is 2.83 bits per heavy atom. The number of benzene rings is 1. The van der Waals surface area contributed by atoms with E-state index in [4.69, 9.17) is 5.84 Å². The second-order valence-electron chi connectivity index (χ2n) is 4.43. The third-order valence-electron chi connectivity index (χ3n) is 3.32. The number of aryl methyl sites for hydroxylation is 1. The molecule has 4 nitrogen and oxygen atoms in total. The van der Waals surface area contributed by atoms with E-state index in [1.807, 2.05) is 18.3 Å². The molecule has 3 N–H and O–H groups in total. The molecule has 0 saturated heterocycles. The van der Waals surface area contributed by atoms with Crippen molar-refractivity contribution in [1.29, 1.82) is 0 Å². The summed E-state index contributed by atoms with van der Waals surface area (Å²) in [7, 11) is 0. The molecule has 0 aliphatic carbocycles. The molecule has 0 radical (unpaired) electrons. The number of aromatic nitrogens is 1. The van der Waals surface area contributed by atoms with E-state index in [0.29, 0.717) is 5.82 Å². The Bertz CT molecular complexity index is 536. The molecule has 18 heavy (non-hydrogen) atoms. The first-order valence-electron chi connectivity index (χ1n) is 6.16. The lowest BCUT2D eigenvalue weighted by Crippen LogP contribution is -2.24. The lowest BCUT2D eigenvalue weighted by atomic mass is 10.0. The maximum absolute atomic E-state index is 5.33. The molecule has 2 aromatic rings. The molecule has 1 aromatic heterocycles. The van der Waals surface area contributed by atoms with Crippen LogP contribution in [0.25, 0.3) is 0 Å². The van der Waals surface area contributed by atoms with Gasteiger partial charge in [-0.15, -0.1) is 0 Å². The fourth-order valence-electron chi connectivity index (χ4n) is 2.43. The fraction of sp³-hybridized carbons (Fsp3) is 0.214. The number of hydrazine groups is 1. The van der Waals surface area contributed by atoms with Gasteiger partial charge >= 0.3 is 0 Å². The summed E-state index contributed by atoms with van der Waals surface area (Å²) in [6.45, 7) is 1.04. The predicted molar refractivity (Wildman–Crippen MR) is 73.8 cm³/mol. The van der Waals surface area contributed by atoms with Gasteiger partial charge in [-0.2, -0.15) is 0 Å². The fourth-order valence-corrected chi connectivity index (χ4v) is 2.43. The summed E-state index contributed by atoms with van der Waals surface area (Å²) in [5.41, 5.74) is 6.36. The van der Waals surface area contributed by atoms with Crippen LogP contribution in [0.4, 0.5) is 17.2 Å². The Morgan fingerprint density at radius 2 is 2.06 bits per heavy atom. The van der Waals surface area contributed by atoms with Gasteiger partial charge in [0.2, 0.25) is 0 Å². The molecule has 0 atom stereocenters. The first-order valence-corrected chi connectivity index (χ1v) is 6.16. The summed E-state index contributed by atoms with van der Waals surface area (Å²) >= 11 is 0. The van der Waals surface area contributed by atoms with Crippen LogP contribution < -0.4 is 16.2 Å². The van der Waals surface area contributed by atoms with Crippen molar-refractivity contribution in [2.75, 3.05) is 16.9 Å². The Hall–Kier alpha value is -2.07. The van der Waals surface area contributed by atoms with Crippen molar-refractivity contribution in [2.45, 2.75) is 12.8 Å². The molecule has 1 aliphatic rings. The topological polar surface area (TPSA) is 54.2 Å². The highest BCUT2D eigenvalue weighted by atomic mass is 15.2. The summed E-state index contributed by atoms with van der Waals surface area (Å²) in [5.74, 6) is 6.01. The smallest absolute Gasteiger partial charge is 0.140 e. The molecular weight excluding hydrogens is 224 g/mol. The lowest BCUT2D eigenvalue weighted by Gasteiger charge is -2.31. The van der Waals surface area contributed by atoms with Crippen molar-refractivity contribution >= 4 is 17.2 Å². The van der Waals surface area contributed by atoms with Gasteiger partial charge in [0.15, 0.2) is 0 Å². The van der Waals surface area contributed by atoms with Gasteiger partial charge < -0.3 is 10.3 Å². The van der Waals surface area contributed by atoms with Crippen molar-refractivity contribution in [2.24, 2.45) is 5.84 Å². The summed E-state index contributed by atoms with van der Waals surface area (Å²) in [5, 5.41) is 0. The number of nitrogens with two attached hydrogens (primary N) is 1. The average molecular weight is 240 g/mol. The average Bonchev–Trinajstić information content (AvgIpc) is 2.47. The maximum Gasteiger partial charge on any atom is 0.140 e. The van der Waals surface area contributed by atoms with E-state index < -0.39 is 0 Å². The van der Waals surface area contributed by atoms with E-state index in [0.717, 1.165) is 18.7 Å². The largest absolute Gasteiger partial charge is 0.340 e. The van der Waals surface area contributed by atoms with Crippen LogP contribution in [0.15, 0.2) is 42.6 Å². The second-order valence-corrected chi connectivity index (χ2v) is 4.43. The number of pyridine rings is 1. The van der Waals surface area contributed by atoms with Crippen LogP contribution in [0.1, 0.15) is 12.0 Å². The third kappa shape index (κ3) is 1.91. The minimum absolute atomic E-state index is 0.684. The van der Waals surface area contributed by atoms with Gasteiger partial charge in [-0.05, 0) is 36.6 Å². The SMILES string of the molecule is NNc1ccc(N2CCCc3ccccc32)cn1. The standard InChI is InChI=1S/C14H16N4/c15-17-14-8-7-12(10-16-14)18-9-3-5-11-4-1-2-6-13(11)18/h1-2,4,6-8,10H,3,5,9,15H2,(H,16,17).